The molecule has 0 saturated carbocycles. The van der Waals surface area contributed by atoms with Gasteiger partial charge in [-0.25, -0.2) is 0 Å². The van der Waals surface area contributed by atoms with Crippen LogP contribution in [0.1, 0.15) is 23.2 Å². The fourth-order valence-electron chi connectivity index (χ4n) is 2.54. The molecule has 90 valence electrons. The fraction of sp³-hybridized carbons (Fsp3) is 0.538. The van der Waals surface area contributed by atoms with Crippen molar-refractivity contribution < 1.29 is 9.53 Å². The number of amides is 1. The number of likely N-dealkylation sites (tertiary alicyclic amines) is 1. The zero-order valence-corrected chi connectivity index (χ0v) is 9.76. The summed E-state index contributed by atoms with van der Waals surface area (Å²) in [4.78, 5) is 18.1. The van der Waals surface area contributed by atoms with Crippen molar-refractivity contribution >= 4 is 5.91 Å². The highest BCUT2D eigenvalue weighted by molar-refractivity contribution is 5.93. The Hall–Kier alpha value is -1.42. The molecule has 2 saturated heterocycles. The second-order valence-electron chi connectivity index (χ2n) is 5.03. The Kier molecular flexibility index (Phi) is 2.59. The van der Waals surface area contributed by atoms with Gasteiger partial charge in [-0.1, -0.05) is 0 Å². The number of ether oxygens (including phenoxy) is 1. The van der Waals surface area contributed by atoms with E-state index in [1.54, 1.807) is 18.5 Å². The molecule has 0 radical (unpaired) electrons. The van der Waals surface area contributed by atoms with Gasteiger partial charge in [0.05, 0.1) is 18.8 Å². The van der Waals surface area contributed by atoms with E-state index in [9.17, 15) is 4.79 Å². The van der Waals surface area contributed by atoms with Crippen LogP contribution in [0.25, 0.3) is 0 Å². The Morgan fingerprint density at radius 3 is 2.65 bits per heavy atom. The van der Waals surface area contributed by atoms with Crippen molar-refractivity contribution in [3.8, 4) is 0 Å². The molecule has 0 aliphatic carbocycles. The molecule has 0 aromatic carbocycles. The number of piperidine rings is 1. The summed E-state index contributed by atoms with van der Waals surface area (Å²) < 4.78 is 5.28. The first-order chi connectivity index (χ1) is 8.29. The van der Waals surface area contributed by atoms with Crippen LogP contribution in [-0.4, -0.2) is 42.1 Å². The Labute approximate surface area is 101 Å². The lowest BCUT2D eigenvalue weighted by Crippen LogP contribution is -2.52. The summed E-state index contributed by atoms with van der Waals surface area (Å²) in [5.74, 6) is 0.105. The van der Waals surface area contributed by atoms with Gasteiger partial charge >= 0.3 is 0 Å². The average molecular weight is 232 g/mol. The predicted octanol–water partition coefficient (Wildman–Crippen LogP) is 1.33. The highest BCUT2D eigenvalue weighted by atomic mass is 16.5. The molecule has 3 heterocycles. The maximum Gasteiger partial charge on any atom is 0.255 e. The minimum Gasteiger partial charge on any atom is -0.380 e. The van der Waals surface area contributed by atoms with Crippen LogP contribution in [0.4, 0.5) is 0 Å². The first-order valence-electron chi connectivity index (χ1n) is 6.06. The van der Waals surface area contributed by atoms with Crippen molar-refractivity contribution in [3.05, 3.63) is 30.1 Å². The standard InChI is InChI=1S/C13H16N2O2/c16-12(11-2-1-5-14-8-11)15-6-3-13(4-7-15)9-17-10-13/h1-2,5,8H,3-4,6-7,9-10H2. The second kappa shape index (κ2) is 4.11. The van der Waals surface area contributed by atoms with E-state index in [0.717, 1.165) is 39.1 Å². The van der Waals surface area contributed by atoms with E-state index in [-0.39, 0.29) is 5.91 Å². The molecule has 2 fully saturated rings. The minimum absolute atomic E-state index is 0.105. The number of carbonyl (C=O) groups is 1. The number of hydrogen-bond acceptors (Lipinski definition) is 3. The third kappa shape index (κ3) is 1.93. The van der Waals surface area contributed by atoms with E-state index in [4.69, 9.17) is 4.74 Å². The van der Waals surface area contributed by atoms with Crippen LogP contribution in [-0.2, 0) is 4.74 Å². The summed E-state index contributed by atoms with van der Waals surface area (Å²) in [5, 5.41) is 0. The van der Waals surface area contributed by atoms with Gasteiger partial charge in [0.15, 0.2) is 0 Å². The van der Waals surface area contributed by atoms with Gasteiger partial charge < -0.3 is 9.64 Å². The average Bonchev–Trinajstić information content (AvgIpc) is 2.37. The Bertz CT molecular complexity index is 405. The Balaban J connectivity index is 1.65. The van der Waals surface area contributed by atoms with Crippen LogP contribution >= 0.6 is 0 Å². The van der Waals surface area contributed by atoms with Gasteiger partial charge in [-0.3, -0.25) is 9.78 Å². The number of hydrogen-bond donors (Lipinski definition) is 0. The van der Waals surface area contributed by atoms with E-state index < -0.39 is 0 Å². The topological polar surface area (TPSA) is 42.4 Å². The molecule has 1 amide bonds. The van der Waals surface area contributed by atoms with E-state index in [0.29, 0.717) is 11.0 Å². The highest BCUT2D eigenvalue weighted by Crippen LogP contribution is 2.38. The number of rotatable bonds is 1. The fourth-order valence-corrected chi connectivity index (χ4v) is 2.54. The molecule has 2 aliphatic heterocycles. The molecule has 1 aromatic rings. The zero-order chi connectivity index (χ0) is 11.7. The molecular weight excluding hydrogens is 216 g/mol. The van der Waals surface area contributed by atoms with Crippen LogP contribution in [0.15, 0.2) is 24.5 Å². The molecule has 4 nitrogen and oxygen atoms in total. The lowest BCUT2D eigenvalue weighted by atomic mass is 9.77. The molecule has 1 spiro atoms. The van der Waals surface area contributed by atoms with E-state index in [1.807, 2.05) is 11.0 Å². The van der Waals surface area contributed by atoms with Crippen molar-refractivity contribution in [2.45, 2.75) is 12.8 Å². The lowest BCUT2D eigenvalue weighted by molar-refractivity contribution is -0.136. The molecule has 17 heavy (non-hydrogen) atoms. The molecule has 2 aliphatic rings. The van der Waals surface area contributed by atoms with Gasteiger partial charge in [0.2, 0.25) is 0 Å². The molecule has 3 rings (SSSR count). The van der Waals surface area contributed by atoms with Crippen LogP contribution in [0.5, 0.6) is 0 Å². The largest absolute Gasteiger partial charge is 0.380 e. The van der Waals surface area contributed by atoms with Gasteiger partial charge in [-0.05, 0) is 25.0 Å². The molecule has 0 N–H and O–H groups in total. The lowest BCUT2D eigenvalue weighted by Gasteiger charge is -2.47. The van der Waals surface area contributed by atoms with Gasteiger partial charge in [-0.15, -0.1) is 0 Å². The van der Waals surface area contributed by atoms with E-state index >= 15 is 0 Å². The van der Waals surface area contributed by atoms with Crippen molar-refractivity contribution in [1.29, 1.82) is 0 Å². The van der Waals surface area contributed by atoms with Crippen molar-refractivity contribution in [2.75, 3.05) is 26.3 Å². The van der Waals surface area contributed by atoms with Crippen LogP contribution in [0.2, 0.25) is 0 Å². The van der Waals surface area contributed by atoms with Crippen LogP contribution in [0.3, 0.4) is 0 Å². The zero-order valence-electron chi connectivity index (χ0n) is 9.76. The second-order valence-corrected chi connectivity index (χ2v) is 5.03. The molecule has 0 unspecified atom stereocenters. The van der Waals surface area contributed by atoms with E-state index in [2.05, 4.69) is 4.98 Å². The number of carbonyl (C=O) groups excluding carboxylic acids is 1. The smallest absolute Gasteiger partial charge is 0.255 e. The predicted molar refractivity (Wildman–Crippen MR) is 62.6 cm³/mol. The van der Waals surface area contributed by atoms with Gasteiger partial charge in [0.25, 0.3) is 5.91 Å². The van der Waals surface area contributed by atoms with Crippen molar-refractivity contribution in [2.24, 2.45) is 5.41 Å². The van der Waals surface area contributed by atoms with Gasteiger partial charge in [0, 0.05) is 30.9 Å². The van der Waals surface area contributed by atoms with Crippen LogP contribution in [0, 0.1) is 5.41 Å². The summed E-state index contributed by atoms with van der Waals surface area (Å²) in [6, 6.07) is 3.63. The van der Waals surface area contributed by atoms with Crippen molar-refractivity contribution in [1.82, 2.24) is 9.88 Å². The SMILES string of the molecule is O=C(c1cccnc1)N1CCC2(CC1)COC2. The maximum absolute atomic E-state index is 12.2. The monoisotopic (exact) mass is 232 g/mol. The molecule has 1 aromatic heterocycles. The van der Waals surface area contributed by atoms with Crippen molar-refractivity contribution in [3.63, 3.8) is 0 Å². The maximum atomic E-state index is 12.2. The number of nitrogens with zero attached hydrogens (tertiary/aromatic N) is 2. The molecule has 4 heteroatoms. The summed E-state index contributed by atoms with van der Waals surface area (Å²) in [6.07, 6.45) is 5.46. The number of aromatic nitrogens is 1. The van der Waals surface area contributed by atoms with Gasteiger partial charge in [-0.2, -0.15) is 0 Å². The minimum atomic E-state index is 0.105. The normalized spacial score (nSPS) is 22.2. The van der Waals surface area contributed by atoms with Crippen LogP contribution < -0.4 is 0 Å². The Morgan fingerprint density at radius 2 is 2.12 bits per heavy atom. The summed E-state index contributed by atoms with van der Waals surface area (Å²) in [5.41, 5.74) is 1.07. The third-order valence-electron chi connectivity index (χ3n) is 3.84. The molecule has 0 atom stereocenters. The summed E-state index contributed by atoms with van der Waals surface area (Å²) in [6.45, 7) is 3.44. The summed E-state index contributed by atoms with van der Waals surface area (Å²) >= 11 is 0. The first kappa shape index (κ1) is 10.7. The molecule has 0 bridgehead atoms. The highest BCUT2D eigenvalue weighted by Gasteiger charge is 2.41. The number of pyridine rings is 1. The Morgan fingerprint density at radius 1 is 1.35 bits per heavy atom. The quantitative estimate of drug-likeness (QED) is 0.733. The van der Waals surface area contributed by atoms with E-state index in [1.165, 1.54) is 0 Å². The third-order valence-corrected chi connectivity index (χ3v) is 3.84. The molecular formula is C13H16N2O2. The van der Waals surface area contributed by atoms with Gasteiger partial charge in [0.1, 0.15) is 0 Å². The summed E-state index contributed by atoms with van der Waals surface area (Å²) in [7, 11) is 0. The first-order valence-corrected chi connectivity index (χ1v) is 6.06.